The fourth-order valence-corrected chi connectivity index (χ4v) is 4.51. The molecule has 0 bridgehead atoms. The number of anilines is 1. The van der Waals surface area contributed by atoms with Gasteiger partial charge in [-0.25, -0.2) is 0 Å². The van der Waals surface area contributed by atoms with Gasteiger partial charge in [-0.1, -0.05) is 12.5 Å². The molecule has 104 valence electrons. The van der Waals surface area contributed by atoms with Gasteiger partial charge in [0.1, 0.15) is 0 Å². The van der Waals surface area contributed by atoms with Crippen LogP contribution in [0.2, 0.25) is 0 Å². The van der Waals surface area contributed by atoms with E-state index in [9.17, 15) is 0 Å². The number of hydrogen-bond donors (Lipinski definition) is 1. The van der Waals surface area contributed by atoms with Gasteiger partial charge >= 0.3 is 0 Å². The van der Waals surface area contributed by atoms with Gasteiger partial charge in [-0.3, -0.25) is 0 Å². The maximum absolute atomic E-state index is 5.64. The van der Waals surface area contributed by atoms with Crippen LogP contribution in [0.25, 0.3) is 0 Å². The van der Waals surface area contributed by atoms with Gasteiger partial charge < -0.3 is 10.6 Å². The highest BCUT2D eigenvalue weighted by molar-refractivity contribution is 9.10. The molecule has 0 amide bonds. The Morgan fingerprint density at radius 1 is 1.21 bits per heavy atom. The second-order valence-corrected chi connectivity index (χ2v) is 6.77. The van der Waals surface area contributed by atoms with Crippen LogP contribution in [-0.4, -0.2) is 19.1 Å². The van der Waals surface area contributed by atoms with Crippen LogP contribution in [0.5, 0.6) is 0 Å². The quantitative estimate of drug-likeness (QED) is 0.919. The monoisotopic (exact) mass is 322 g/mol. The first-order valence-corrected chi connectivity index (χ1v) is 8.34. The van der Waals surface area contributed by atoms with Crippen LogP contribution >= 0.6 is 15.9 Å². The maximum atomic E-state index is 5.64. The van der Waals surface area contributed by atoms with E-state index in [0.717, 1.165) is 24.9 Å². The lowest BCUT2D eigenvalue weighted by Crippen LogP contribution is -2.42. The van der Waals surface area contributed by atoms with E-state index in [-0.39, 0.29) is 0 Å². The molecule has 2 nitrogen and oxygen atoms in total. The summed E-state index contributed by atoms with van der Waals surface area (Å²) in [5, 5.41) is 0. The molecule has 0 spiro atoms. The first kappa shape index (κ1) is 13.4. The Kier molecular flexibility index (Phi) is 4.13. The molecule has 2 N–H and O–H groups in total. The summed E-state index contributed by atoms with van der Waals surface area (Å²) in [6.07, 6.45) is 7.97. The highest BCUT2D eigenvalue weighted by atomic mass is 79.9. The summed E-state index contributed by atoms with van der Waals surface area (Å²) in [6.45, 7) is 1.94. The molecule has 2 unspecified atom stereocenters. The van der Waals surface area contributed by atoms with E-state index in [1.165, 1.54) is 54.4 Å². The number of benzene rings is 1. The van der Waals surface area contributed by atoms with Gasteiger partial charge in [0.05, 0.1) is 5.69 Å². The summed E-state index contributed by atoms with van der Waals surface area (Å²) in [5.74, 6) is 0.935. The van der Waals surface area contributed by atoms with Crippen molar-refractivity contribution in [1.29, 1.82) is 0 Å². The molecule has 2 aliphatic rings. The molecule has 1 saturated carbocycles. The van der Waals surface area contributed by atoms with Gasteiger partial charge in [-0.15, -0.1) is 0 Å². The molecule has 3 heteroatoms. The average molecular weight is 323 g/mol. The lowest BCUT2D eigenvalue weighted by molar-refractivity contribution is 0.362. The van der Waals surface area contributed by atoms with Crippen molar-refractivity contribution in [3.05, 3.63) is 28.2 Å². The van der Waals surface area contributed by atoms with Gasteiger partial charge in [0.25, 0.3) is 0 Å². The van der Waals surface area contributed by atoms with Crippen LogP contribution in [0.1, 0.15) is 37.7 Å². The van der Waals surface area contributed by atoms with Crippen LogP contribution in [0.15, 0.2) is 22.7 Å². The molecule has 1 aliphatic heterocycles. The largest absolute Gasteiger partial charge is 0.367 e. The summed E-state index contributed by atoms with van der Waals surface area (Å²) < 4.78 is 1.24. The predicted octanol–water partition coefficient (Wildman–Crippen LogP) is 3.72. The summed E-state index contributed by atoms with van der Waals surface area (Å²) in [5.41, 5.74) is 8.35. The van der Waals surface area contributed by atoms with Crippen molar-refractivity contribution in [3.8, 4) is 0 Å². The molecule has 1 saturated heterocycles. The summed E-state index contributed by atoms with van der Waals surface area (Å²) >= 11 is 3.77. The molecule has 0 aromatic heterocycles. The first-order chi connectivity index (χ1) is 9.29. The van der Waals surface area contributed by atoms with Crippen LogP contribution in [0.4, 0.5) is 5.69 Å². The van der Waals surface area contributed by atoms with Crippen molar-refractivity contribution in [2.45, 2.75) is 44.6 Å². The minimum atomic E-state index is 0.722. The topological polar surface area (TPSA) is 29.3 Å². The number of piperidine rings is 1. The number of rotatable bonds is 3. The predicted molar refractivity (Wildman–Crippen MR) is 84.6 cm³/mol. The second-order valence-electron chi connectivity index (χ2n) is 5.92. The lowest BCUT2D eigenvalue weighted by atomic mass is 9.91. The Bertz CT molecular complexity index is 446. The smallest absolute Gasteiger partial charge is 0.0513 e. The molecule has 0 radical (unpaired) electrons. The fraction of sp³-hybridized carbons (Fsp3) is 0.625. The van der Waals surface area contributed by atoms with E-state index in [1.54, 1.807) is 0 Å². The van der Waals surface area contributed by atoms with Crippen molar-refractivity contribution < 1.29 is 0 Å². The lowest BCUT2D eigenvalue weighted by Gasteiger charge is -2.40. The highest BCUT2D eigenvalue weighted by Crippen LogP contribution is 2.41. The van der Waals surface area contributed by atoms with Gasteiger partial charge in [-0.2, -0.15) is 0 Å². The normalized spacial score (nSPS) is 26.5. The average Bonchev–Trinajstić information content (AvgIpc) is 2.88. The Hall–Kier alpha value is -0.540. The zero-order valence-electron chi connectivity index (χ0n) is 11.4. The van der Waals surface area contributed by atoms with Crippen LogP contribution in [0, 0.1) is 5.92 Å². The number of fused-ring (bicyclic) bond motifs is 1. The SMILES string of the molecule is NCCc1ccc(N2CCCC3CCCC32)c(Br)c1. The van der Waals surface area contributed by atoms with Gasteiger partial charge in [-0.05, 0) is 78.2 Å². The Labute approximate surface area is 124 Å². The third kappa shape index (κ3) is 2.68. The third-order valence-corrected chi connectivity index (χ3v) is 5.38. The fourth-order valence-electron chi connectivity index (χ4n) is 3.86. The van der Waals surface area contributed by atoms with Crippen molar-refractivity contribution in [1.82, 2.24) is 0 Å². The zero-order chi connectivity index (χ0) is 13.2. The Morgan fingerprint density at radius 2 is 2.05 bits per heavy atom. The minimum absolute atomic E-state index is 0.722. The third-order valence-electron chi connectivity index (χ3n) is 4.75. The van der Waals surface area contributed by atoms with Crippen molar-refractivity contribution in [2.75, 3.05) is 18.0 Å². The number of hydrogen-bond acceptors (Lipinski definition) is 2. The number of halogens is 1. The van der Waals surface area contributed by atoms with Crippen molar-refractivity contribution in [2.24, 2.45) is 11.7 Å². The van der Waals surface area contributed by atoms with Crippen LogP contribution in [0.3, 0.4) is 0 Å². The van der Waals surface area contributed by atoms with Crippen LogP contribution < -0.4 is 10.6 Å². The van der Waals surface area contributed by atoms with Gasteiger partial charge in [0.15, 0.2) is 0 Å². The van der Waals surface area contributed by atoms with Crippen LogP contribution in [-0.2, 0) is 6.42 Å². The van der Waals surface area contributed by atoms with E-state index in [1.807, 2.05) is 0 Å². The van der Waals surface area contributed by atoms with Gasteiger partial charge in [0, 0.05) is 17.1 Å². The zero-order valence-corrected chi connectivity index (χ0v) is 13.0. The Morgan fingerprint density at radius 3 is 2.84 bits per heavy atom. The highest BCUT2D eigenvalue weighted by Gasteiger charge is 2.35. The standard InChI is InChI=1S/C16H23BrN2/c17-14-11-12(8-9-18)6-7-16(14)19-10-2-4-13-3-1-5-15(13)19/h6-7,11,13,15H,1-5,8-10,18H2. The molecule has 1 aromatic carbocycles. The van der Waals surface area contributed by atoms with E-state index >= 15 is 0 Å². The summed E-state index contributed by atoms with van der Waals surface area (Å²) in [7, 11) is 0. The molecular formula is C16H23BrN2. The molecule has 3 rings (SSSR count). The van der Waals surface area contributed by atoms with E-state index in [2.05, 4.69) is 39.0 Å². The van der Waals surface area contributed by atoms with E-state index in [0.29, 0.717) is 0 Å². The summed E-state index contributed by atoms with van der Waals surface area (Å²) in [6, 6.07) is 7.56. The number of nitrogens with two attached hydrogens (primary N) is 1. The van der Waals surface area contributed by atoms with Crippen molar-refractivity contribution in [3.63, 3.8) is 0 Å². The first-order valence-electron chi connectivity index (χ1n) is 7.54. The summed E-state index contributed by atoms with van der Waals surface area (Å²) in [4.78, 5) is 2.65. The minimum Gasteiger partial charge on any atom is -0.367 e. The molecule has 1 aliphatic carbocycles. The molecule has 19 heavy (non-hydrogen) atoms. The van der Waals surface area contributed by atoms with Gasteiger partial charge in [0.2, 0.25) is 0 Å². The number of nitrogens with zero attached hydrogens (tertiary/aromatic N) is 1. The molecule has 1 aromatic rings. The van der Waals surface area contributed by atoms with Crippen molar-refractivity contribution >= 4 is 21.6 Å². The molecule has 2 atom stereocenters. The Balaban J connectivity index is 1.84. The maximum Gasteiger partial charge on any atom is 0.0513 e. The molecule has 1 heterocycles. The second kappa shape index (κ2) is 5.84. The van der Waals surface area contributed by atoms with E-state index in [4.69, 9.17) is 5.73 Å². The molecular weight excluding hydrogens is 300 g/mol. The molecule has 2 fully saturated rings. The van der Waals surface area contributed by atoms with E-state index < -0.39 is 0 Å².